The lowest BCUT2D eigenvalue weighted by atomic mass is 10.1. The number of halogens is 1. The van der Waals surface area contributed by atoms with Gasteiger partial charge in [-0.25, -0.2) is 0 Å². The number of methoxy groups -OCH3 is 1. The second-order valence-corrected chi connectivity index (χ2v) is 5.06. The number of aliphatic hydroxyl groups excluding tert-OH is 1. The van der Waals surface area contributed by atoms with Gasteiger partial charge in [-0.3, -0.25) is 9.67 Å². The van der Waals surface area contributed by atoms with Gasteiger partial charge < -0.3 is 9.84 Å². The molecule has 6 heteroatoms. The zero-order chi connectivity index (χ0) is 13.8. The summed E-state index contributed by atoms with van der Waals surface area (Å²) in [4.78, 5) is 4.25. The molecule has 2 heterocycles. The van der Waals surface area contributed by atoms with E-state index in [1.807, 2.05) is 19.1 Å². The van der Waals surface area contributed by atoms with E-state index in [1.54, 1.807) is 24.2 Å². The fraction of sp³-hybridized carbons (Fsp3) is 0.385. The number of aromatic nitrogens is 3. The molecule has 0 aliphatic rings. The van der Waals surface area contributed by atoms with Gasteiger partial charge in [-0.15, -0.1) is 0 Å². The number of aryl methyl sites for hydroxylation is 1. The Hall–Kier alpha value is -1.24. The molecule has 0 spiro atoms. The first-order chi connectivity index (χ1) is 9.15. The molecule has 0 aliphatic heterocycles. The van der Waals surface area contributed by atoms with E-state index < -0.39 is 6.10 Å². The van der Waals surface area contributed by atoms with Crippen LogP contribution in [0.15, 0.2) is 29.0 Å². The van der Waals surface area contributed by atoms with Crippen LogP contribution in [0.25, 0.3) is 0 Å². The lowest BCUT2D eigenvalue weighted by molar-refractivity contribution is 0.169. The van der Waals surface area contributed by atoms with Crippen LogP contribution in [0, 0.1) is 6.92 Å². The average molecular weight is 326 g/mol. The maximum Gasteiger partial charge on any atom is 0.139 e. The number of hydrogen-bond acceptors (Lipinski definition) is 4. The van der Waals surface area contributed by atoms with E-state index in [0.717, 1.165) is 10.0 Å². The Bertz CT molecular complexity index is 557. The first kappa shape index (κ1) is 14.2. The van der Waals surface area contributed by atoms with Gasteiger partial charge in [-0.2, -0.15) is 5.10 Å². The molecule has 0 saturated heterocycles. The summed E-state index contributed by atoms with van der Waals surface area (Å²) >= 11 is 3.42. The van der Waals surface area contributed by atoms with E-state index in [2.05, 4.69) is 26.0 Å². The standard InChI is InChI=1S/C13H16BrN3O2/c1-9-4-3-5-15-11(9)13(18)12-10(14)8-16-17(12)6-7-19-2/h3-5,8,13,18H,6-7H2,1-2H3. The summed E-state index contributed by atoms with van der Waals surface area (Å²) in [6.45, 7) is 3.05. The van der Waals surface area contributed by atoms with E-state index in [1.165, 1.54) is 0 Å². The SMILES string of the molecule is COCCn1ncc(Br)c1C(O)c1ncccc1C. The first-order valence-electron chi connectivity index (χ1n) is 5.95. The molecule has 0 bridgehead atoms. The third-order valence-electron chi connectivity index (χ3n) is 2.91. The average Bonchev–Trinajstić information content (AvgIpc) is 2.77. The number of ether oxygens (including phenoxy) is 1. The van der Waals surface area contributed by atoms with Crippen molar-refractivity contribution in [1.82, 2.24) is 14.8 Å². The molecule has 0 fully saturated rings. The highest BCUT2D eigenvalue weighted by Crippen LogP contribution is 2.28. The van der Waals surface area contributed by atoms with E-state index in [9.17, 15) is 5.11 Å². The van der Waals surface area contributed by atoms with E-state index in [4.69, 9.17) is 4.74 Å². The summed E-state index contributed by atoms with van der Waals surface area (Å²) in [5.74, 6) is 0. The van der Waals surface area contributed by atoms with E-state index >= 15 is 0 Å². The molecule has 5 nitrogen and oxygen atoms in total. The van der Waals surface area contributed by atoms with Crippen molar-refractivity contribution in [1.29, 1.82) is 0 Å². The quantitative estimate of drug-likeness (QED) is 0.914. The summed E-state index contributed by atoms with van der Waals surface area (Å²) in [6, 6.07) is 3.78. The van der Waals surface area contributed by atoms with Crippen molar-refractivity contribution >= 4 is 15.9 Å². The highest BCUT2D eigenvalue weighted by Gasteiger charge is 2.21. The Morgan fingerprint density at radius 2 is 2.32 bits per heavy atom. The fourth-order valence-electron chi connectivity index (χ4n) is 1.91. The maximum atomic E-state index is 10.5. The van der Waals surface area contributed by atoms with Crippen LogP contribution >= 0.6 is 15.9 Å². The van der Waals surface area contributed by atoms with Gasteiger partial charge in [0.05, 0.1) is 35.2 Å². The Morgan fingerprint density at radius 3 is 3.00 bits per heavy atom. The summed E-state index contributed by atoms with van der Waals surface area (Å²) < 4.78 is 7.54. The summed E-state index contributed by atoms with van der Waals surface area (Å²) in [5.41, 5.74) is 2.28. The third kappa shape index (κ3) is 3.02. The lowest BCUT2D eigenvalue weighted by Crippen LogP contribution is -2.15. The molecule has 2 aromatic rings. The van der Waals surface area contributed by atoms with Crippen molar-refractivity contribution in [2.45, 2.75) is 19.6 Å². The second kappa shape index (κ2) is 6.27. The zero-order valence-corrected chi connectivity index (χ0v) is 12.5. The smallest absolute Gasteiger partial charge is 0.139 e. The summed E-state index contributed by atoms with van der Waals surface area (Å²) in [7, 11) is 1.64. The molecule has 0 aliphatic carbocycles. The number of rotatable bonds is 5. The molecule has 2 aromatic heterocycles. The summed E-state index contributed by atoms with van der Waals surface area (Å²) in [6.07, 6.45) is 2.54. The normalized spacial score (nSPS) is 12.6. The minimum absolute atomic E-state index is 0.537. The first-order valence-corrected chi connectivity index (χ1v) is 6.74. The monoisotopic (exact) mass is 325 g/mol. The van der Waals surface area contributed by atoms with Crippen LogP contribution in [0.4, 0.5) is 0 Å². The van der Waals surface area contributed by atoms with Gasteiger partial charge in [0.1, 0.15) is 6.10 Å². The van der Waals surface area contributed by atoms with E-state index in [-0.39, 0.29) is 0 Å². The molecule has 0 amide bonds. The minimum Gasteiger partial charge on any atom is -0.383 e. The highest BCUT2D eigenvalue weighted by atomic mass is 79.9. The van der Waals surface area contributed by atoms with Crippen molar-refractivity contribution in [3.8, 4) is 0 Å². The molecule has 1 atom stereocenters. The van der Waals surface area contributed by atoms with Crippen LogP contribution < -0.4 is 0 Å². The number of pyridine rings is 1. The van der Waals surface area contributed by atoms with Crippen molar-refractivity contribution < 1.29 is 9.84 Å². The topological polar surface area (TPSA) is 60.2 Å². The molecule has 2 rings (SSSR count). The van der Waals surface area contributed by atoms with Crippen LogP contribution in [0.3, 0.4) is 0 Å². The Kier molecular flexibility index (Phi) is 4.68. The van der Waals surface area contributed by atoms with Gasteiger partial charge >= 0.3 is 0 Å². The molecular weight excluding hydrogens is 310 g/mol. The predicted molar refractivity (Wildman–Crippen MR) is 74.8 cm³/mol. The fourth-order valence-corrected chi connectivity index (χ4v) is 2.43. The van der Waals surface area contributed by atoms with Gasteiger partial charge in [0.25, 0.3) is 0 Å². The van der Waals surface area contributed by atoms with Crippen LogP contribution in [-0.2, 0) is 11.3 Å². The predicted octanol–water partition coefficient (Wildman–Crippen LogP) is 2.08. The van der Waals surface area contributed by atoms with Crippen molar-refractivity contribution in [3.63, 3.8) is 0 Å². The zero-order valence-electron chi connectivity index (χ0n) is 10.9. The number of hydrogen-bond donors (Lipinski definition) is 1. The maximum absolute atomic E-state index is 10.5. The van der Waals surface area contributed by atoms with Gasteiger partial charge in [-0.05, 0) is 34.5 Å². The molecule has 19 heavy (non-hydrogen) atoms. The third-order valence-corrected chi connectivity index (χ3v) is 3.52. The minimum atomic E-state index is -0.810. The Labute approximate surface area is 120 Å². The molecule has 1 N–H and O–H groups in total. The molecule has 102 valence electrons. The largest absolute Gasteiger partial charge is 0.383 e. The lowest BCUT2D eigenvalue weighted by Gasteiger charge is -2.15. The van der Waals surface area contributed by atoms with Gasteiger partial charge in [0, 0.05) is 13.3 Å². The number of nitrogens with zero attached hydrogens (tertiary/aromatic N) is 3. The molecule has 1 unspecified atom stereocenters. The molecule has 0 radical (unpaired) electrons. The van der Waals surface area contributed by atoms with Gasteiger partial charge in [0.15, 0.2) is 0 Å². The van der Waals surface area contributed by atoms with Crippen LogP contribution in [0.1, 0.15) is 23.1 Å². The van der Waals surface area contributed by atoms with Crippen LogP contribution in [0.5, 0.6) is 0 Å². The molecule has 0 saturated carbocycles. The molecular formula is C13H16BrN3O2. The van der Waals surface area contributed by atoms with Crippen molar-refractivity contribution in [2.24, 2.45) is 0 Å². The van der Waals surface area contributed by atoms with Crippen LogP contribution in [0.2, 0.25) is 0 Å². The Morgan fingerprint density at radius 1 is 1.53 bits per heavy atom. The van der Waals surface area contributed by atoms with Gasteiger partial charge in [-0.1, -0.05) is 6.07 Å². The number of aliphatic hydroxyl groups is 1. The second-order valence-electron chi connectivity index (χ2n) is 4.20. The Balaban J connectivity index is 2.35. The summed E-state index contributed by atoms with van der Waals surface area (Å²) in [5, 5.41) is 14.8. The van der Waals surface area contributed by atoms with Crippen molar-refractivity contribution in [3.05, 3.63) is 46.0 Å². The van der Waals surface area contributed by atoms with Crippen molar-refractivity contribution in [2.75, 3.05) is 13.7 Å². The highest BCUT2D eigenvalue weighted by molar-refractivity contribution is 9.10. The molecule has 0 aromatic carbocycles. The van der Waals surface area contributed by atoms with Gasteiger partial charge in [0.2, 0.25) is 0 Å². The van der Waals surface area contributed by atoms with E-state index in [0.29, 0.717) is 24.5 Å². The van der Waals surface area contributed by atoms with Crippen LogP contribution in [-0.4, -0.2) is 33.6 Å².